The molecule has 162 valence electrons. The van der Waals surface area contributed by atoms with Crippen LogP contribution in [-0.2, 0) is 21.4 Å². The Labute approximate surface area is 187 Å². The molecule has 6 nitrogen and oxygen atoms in total. The molecule has 0 heterocycles. The zero-order valence-corrected chi connectivity index (χ0v) is 18.6. The largest absolute Gasteiger partial charge is 0.494 e. The standard InChI is InChI=1S/C23H23ClN2O4S/c1-2-30-21-12-14-22(15-13-21)31(28,29)26(20-6-4-3-5-7-20)17-23(27)25-16-18-8-10-19(24)11-9-18/h3-15H,2,16-17H2,1H3,(H,25,27). The maximum atomic E-state index is 13.3. The van der Waals surface area contributed by atoms with Crippen molar-refractivity contribution in [1.29, 1.82) is 0 Å². The summed E-state index contributed by atoms with van der Waals surface area (Å²) in [6, 6.07) is 21.7. The third kappa shape index (κ3) is 5.99. The Morgan fingerprint density at radius 3 is 2.23 bits per heavy atom. The van der Waals surface area contributed by atoms with Crippen LogP contribution in [0.25, 0.3) is 0 Å². The fourth-order valence-corrected chi connectivity index (χ4v) is 4.45. The molecule has 0 unspecified atom stereocenters. The molecule has 0 saturated heterocycles. The number of benzene rings is 3. The summed E-state index contributed by atoms with van der Waals surface area (Å²) < 4.78 is 33.2. The van der Waals surface area contributed by atoms with Crippen LogP contribution in [0.2, 0.25) is 5.02 Å². The predicted molar refractivity (Wildman–Crippen MR) is 122 cm³/mol. The van der Waals surface area contributed by atoms with Crippen molar-refractivity contribution < 1.29 is 17.9 Å². The van der Waals surface area contributed by atoms with E-state index in [2.05, 4.69) is 5.32 Å². The molecule has 0 spiro atoms. The summed E-state index contributed by atoms with van der Waals surface area (Å²) in [5.41, 5.74) is 1.26. The second kappa shape index (κ2) is 10.3. The van der Waals surface area contributed by atoms with Crippen molar-refractivity contribution in [3.05, 3.63) is 89.4 Å². The molecule has 0 aliphatic carbocycles. The number of ether oxygens (including phenoxy) is 1. The minimum absolute atomic E-state index is 0.0744. The van der Waals surface area contributed by atoms with E-state index in [4.69, 9.17) is 16.3 Å². The molecule has 0 saturated carbocycles. The minimum atomic E-state index is -3.97. The van der Waals surface area contributed by atoms with E-state index in [1.165, 1.54) is 12.1 Å². The molecule has 0 aliphatic rings. The molecule has 31 heavy (non-hydrogen) atoms. The molecule has 0 aliphatic heterocycles. The highest BCUT2D eigenvalue weighted by Crippen LogP contribution is 2.25. The highest BCUT2D eigenvalue weighted by atomic mass is 35.5. The molecule has 0 aromatic heterocycles. The highest BCUT2D eigenvalue weighted by molar-refractivity contribution is 7.92. The molecular formula is C23H23ClN2O4S. The number of carbonyl (C=O) groups excluding carboxylic acids is 1. The SMILES string of the molecule is CCOc1ccc(S(=O)(=O)N(CC(=O)NCc2ccc(Cl)cc2)c2ccccc2)cc1. The molecule has 0 fully saturated rings. The van der Waals surface area contributed by atoms with Crippen molar-refractivity contribution >= 4 is 33.2 Å². The third-order valence-electron chi connectivity index (χ3n) is 4.46. The number of sulfonamides is 1. The Hall–Kier alpha value is -3.03. The van der Waals surface area contributed by atoms with E-state index >= 15 is 0 Å². The van der Waals surface area contributed by atoms with Crippen molar-refractivity contribution in [2.24, 2.45) is 0 Å². The molecule has 1 amide bonds. The first-order chi connectivity index (χ1) is 14.9. The van der Waals surface area contributed by atoms with Crippen molar-refractivity contribution in [1.82, 2.24) is 5.32 Å². The lowest BCUT2D eigenvalue weighted by atomic mass is 10.2. The Balaban J connectivity index is 1.80. The van der Waals surface area contributed by atoms with Gasteiger partial charge < -0.3 is 10.1 Å². The molecular weight excluding hydrogens is 436 g/mol. The number of hydrogen-bond donors (Lipinski definition) is 1. The third-order valence-corrected chi connectivity index (χ3v) is 6.50. The maximum absolute atomic E-state index is 13.3. The number of halogens is 1. The molecule has 1 N–H and O–H groups in total. The van der Waals surface area contributed by atoms with Crippen LogP contribution in [0.15, 0.2) is 83.8 Å². The lowest BCUT2D eigenvalue weighted by Gasteiger charge is -2.24. The van der Waals surface area contributed by atoms with Crippen molar-refractivity contribution in [2.75, 3.05) is 17.5 Å². The number of amides is 1. The van der Waals surface area contributed by atoms with Crippen LogP contribution in [-0.4, -0.2) is 27.5 Å². The van der Waals surface area contributed by atoms with Crippen LogP contribution in [0.3, 0.4) is 0 Å². The van der Waals surface area contributed by atoms with Gasteiger partial charge in [-0.25, -0.2) is 8.42 Å². The summed E-state index contributed by atoms with van der Waals surface area (Å²) in [6.45, 7) is 2.25. The predicted octanol–water partition coefficient (Wildman–Crippen LogP) is 4.25. The molecule has 3 rings (SSSR count). The van der Waals surface area contributed by atoms with E-state index in [0.717, 1.165) is 9.87 Å². The first kappa shape index (κ1) is 22.7. The van der Waals surface area contributed by atoms with Gasteiger partial charge >= 0.3 is 0 Å². The molecule has 0 atom stereocenters. The van der Waals surface area contributed by atoms with E-state index in [0.29, 0.717) is 23.1 Å². The van der Waals surface area contributed by atoms with Gasteiger partial charge in [0.1, 0.15) is 12.3 Å². The second-order valence-electron chi connectivity index (χ2n) is 6.65. The quantitative estimate of drug-likeness (QED) is 0.520. The lowest BCUT2D eigenvalue weighted by Crippen LogP contribution is -2.40. The van der Waals surface area contributed by atoms with Gasteiger partial charge in [0, 0.05) is 11.6 Å². The van der Waals surface area contributed by atoms with Crippen LogP contribution in [0, 0.1) is 0 Å². The maximum Gasteiger partial charge on any atom is 0.264 e. The number of rotatable bonds is 9. The van der Waals surface area contributed by atoms with Gasteiger partial charge in [-0.15, -0.1) is 0 Å². The summed E-state index contributed by atoms with van der Waals surface area (Å²) in [6.07, 6.45) is 0. The number of carbonyl (C=O) groups is 1. The molecule has 0 radical (unpaired) electrons. The average molecular weight is 459 g/mol. The molecule has 8 heteroatoms. The topological polar surface area (TPSA) is 75.7 Å². The summed E-state index contributed by atoms with van der Waals surface area (Å²) in [4.78, 5) is 12.7. The zero-order chi connectivity index (χ0) is 22.3. The van der Waals surface area contributed by atoms with Crippen molar-refractivity contribution in [3.8, 4) is 5.75 Å². The fraction of sp³-hybridized carbons (Fsp3) is 0.174. The summed E-state index contributed by atoms with van der Waals surface area (Å²) in [7, 11) is -3.97. The Morgan fingerprint density at radius 1 is 0.968 bits per heavy atom. The van der Waals surface area contributed by atoms with Gasteiger partial charge in [-0.05, 0) is 61.0 Å². The first-order valence-electron chi connectivity index (χ1n) is 9.72. The molecule has 3 aromatic carbocycles. The van der Waals surface area contributed by atoms with Crippen LogP contribution < -0.4 is 14.4 Å². The van der Waals surface area contributed by atoms with Crippen LogP contribution in [0.5, 0.6) is 5.75 Å². The van der Waals surface area contributed by atoms with Crippen LogP contribution in [0.4, 0.5) is 5.69 Å². The lowest BCUT2D eigenvalue weighted by molar-refractivity contribution is -0.119. The van der Waals surface area contributed by atoms with E-state index in [-0.39, 0.29) is 18.0 Å². The van der Waals surface area contributed by atoms with E-state index in [1.54, 1.807) is 66.7 Å². The number of para-hydroxylation sites is 1. The van der Waals surface area contributed by atoms with Crippen LogP contribution >= 0.6 is 11.6 Å². The Kier molecular flexibility index (Phi) is 7.55. The monoisotopic (exact) mass is 458 g/mol. The Morgan fingerprint density at radius 2 is 1.61 bits per heavy atom. The van der Waals surface area contributed by atoms with Crippen LogP contribution in [0.1, 0.15) is 12.5 Å². The zero-order valence-electron chi connectivity index (χ0n) is 17.0. The summed E-state index contributed by atoms with van der Waals surface area (Å²) in [5.74, 6) is 0.154. The van der Waals surface area contributed by atoms with E-state index < -0.39 is 15.9 Å². The van der Waals surface area contributed by atoms with Gasteiger partial charge in [0.05, 0.1) is 17.2 Å². The number of anilines is 1. The second-order valence-corrected chi connectivity index (χ2v) is 8.95. The van der Waals surface area contributed by atoms with Gasteiger partial charge in [0.15, 0.2) is 0 Å². The normalized spacial score (nSPS) is 11.0. The van der Waals surface area contributed by atoms with Gasteiger partial charge in [0.25, 0.3) is 10.0 Å². The van der Waals surface area contributed by atoms with E-state index in [9.17, 15) is 13.2 Å². The summed E-state index contributed by atoms with van der Waals surface area (Å²) >= 11 is 5.88. The molecule has 0 bridgehead atoms. The Bertz CT molecular complexity index is 1100. The van der Waals surface area contributed by atoms with Gasteiger partial charge in [-0.1, -0.05) is 41.9 Å². The average Bonchev–Trinajstić information content (AvgIpc) is 2.78. The van der Waals surface area contributed by atoms with E-state index in [1.807, 2.05) is 6.92 Å². The highest BCUT2D eigenvalue weighted by Gasteiger charge is 2.27. The van der Waals surface area contributed by atoms with Gasteiger partial charge in [-0.3, -0.25) is 9.10 Å². The fourth-order valence-electron chi connectivity index (χ4n) is 2.90. The number of nitrogens with one attached hydrogen (secondary N) is 1. The molecule has 3 aromatic rings. The van der Waals surface area contributed by atoms with Gasteiger partial charge in [-0.2, -0.15) is 0 Å². The van der Waals surface area contributed by atoms with Crippen molar-refractivity contribution in [3.63, 3.8) is 0 Å². The number of hydrogen-bond acceptors (Lipinski definition) is 4. The number of nitrogens with zero attached hydrogens (tertiary/aromatic N) is 1. The van der Waals surface area contributed by atoms with Crippen molar-refractivity contribution in [2.45, 2.75) is 18.4 Å². The summed E-state index contributed by atoms with van der Waals surface area (Å²) in [5, 5.41) is 3.36. The van der Waals surface area contributed by atoms with Gasteiger partial charge in [0.2, 0.25) is 5.91 Å². The smallest absolute Gasteiger partial charge is 0.264 e. The first-order valence-corrected chi connectivity index (χ1v) is 11.5. The minimum Gasteiger partial charge on any atom is -0.494 e.